The number of pyridine rings is 1. The van der Waals surface area contributed by atoms with Crippen molar-refractivity contribution in [2.24, 2.45) is 0 Å². The maximum Gasteiger partial charge on any atom is 0.238 e. The number of aromatic nitrogens is 7. The fourth-order valence-corrected chi connectivity index (χ4v) is 8.43. The van der Waals surface area contributed by atoms with Gasteiger partial charge in [0.15, 0.2) is 0 Å². The van der Waals surface area contributed by atoms with E-state index in [9.17, 15) is 0 Å². The van der Waals surface area contributed by atoms with Crippen LogP contribution in [0.15, 0.2) is 171 Å². The zero-order chi connectivity index (χ0) is 34.9. The van der Waals surface area contributed by atoms with Gasteiger partial charge in [-0.2, -0.15) is 0 Å². The van der Waals surface area contributed by atoms with Crippen LogP contribution in [0.3, 0.4) is 0 Å². The van der Waals surface area contributed by atoms with Crippen molar-refractivity contribution in [1.82, 2.24) is 34.1 Å². The summed E-state index contributed by atoms with van der Waals surface area (Å²) in [4.78, 5) is 26.1. The maximum absolute atomic E-state index is 5.58. The second-order valence-corrected chi connectivity index (χ2v) is 13.4. The van der Waals surface area contributed by atoms with Crippen molar-refractivity contribution in [2.75, 3.05) is 4.90 Å². The Hall–Kier alpha value is -7.19. The van der Waals surface area contributed by atoms with Gasteiger partial charge in [-0.25, -0.2) is 19.9 Å². The van der Waals surface area contributed by atoms with Crippen molar-refractivity contribution in [3.63, 3.8) is 0 Å². The monoisotopic (exact) mass is 682 g/mol. The van der Waals surface area contributed by atoms with Crippen LogP contribution in [-0.2, 0) is 0 Å². The highest BCUT2D eigenvalue weighted by molar-refractivity contribution is 6.25. The molecule has 5 heterocycles. The SMILES string of the molecule is C1=CC2c3c(c4c(nc(-c5ccncc5)n4-c4ncncn4)c4c5ccccc5n(-c5ccccc5)c34)N(c3ccc(-c4ccccc4)cc3)C2C=C1. The van der Waals surface area contributed by atoms with E-state index in [2.05, 4.69) is 158 Å². The second kappa shape index (κ2) is 11.7. The van der Waals surface area contributed by atoms with Gasteiger partial charge >= 0.3 is 0 Å². The van der Waals surface area contributed by atoms with Crippen molar-refractivity contribution in [3.05, 3.63) is 176 Å². The zero-order valence-electron chi connectivity index (χ0n) is 28.4. The van der Waals surface area contributed by atoms with Crippen molar-refractivity contribution < 1.29 is 0 Å². The molecule has 0 radical (unpaired) electrons. The molecule has 8 heteroatoms. The minimum absolute atomic E-state index is 0.0136. The van der Waals surface area contributed by atoms with Gasteiger partial charge in [0.25, 0.3) is 0 Å². The molecule has 0 amide bonds. The molecule has 4 aromatic heterocycles. The highest BCUT2D eigenvalue weighted by atomic mass is 15.3. The topological polar surface area (TPSA) is 77.5 Å². The normalized spacial score (nSPS) is 16.1. The summed E-state index contributed by atoms with van der Waals surface area (Å²) in [5.41, 5.74) is 11.9. The Kier molecular flexibility index (Phi) is 6.51. The molecule has 0 bridgehead atoms. The van der Waals surface area contributed by atoms with E-state index in [1.165, 1.54) is 16.7 Å². The van der Waals surface area contributed by atoms with Crippen LogP contribution in [0.1, 0.15) is 11.5 Å². The summed E-state index contributed by atoms with van der Waals surface area (Å²) in [6.45, 7) is 0. The Bertz CT molecular complexity index is 2880. The lowest BCUT2D eigenvalue weighted by atomic mass is 9.89. The van der Waals surface area contributed by atoms with Crippen LogP contribution in [-0.4, -0.2) is 40.1 Å². The Balaban J connectivity index is 1.34. The summed E-state index contributed by atoms with van der Waals surface area (Å²) in [5, 5.41) is 2.24. The molecule has 5 aromatic carbocycles. The first-order valence-corrected chi connectivity index (χ1v) is 17.7. The minimum atomic E-state index is 0.0136. The van der Waals surface area contributed by atoms with Gasteiger partial charge in [-0.3, -0.25) is 9.55 Å². The van der Waals surface area contributed by atoms with E-state index in [1.54, 1.807) is 25.0 Å². The number of anilines is 2. The third-order valence-electron chi connectivity index (χ3n) is 10.6. The largest absolute Gasteiger partial charge is 0.331 e. The fourth-order valence-electron chi connectivity index (χ4n) is 8.43. The van der Waals surface area contributed by atoms with Gasteiger partial charge in [-0.05, 0) is 53.6 Å². The third kappa shape index (κ3) is 4.39. The van der Waals surface area contributed by atoms with Crippen LogP contribution >= 0.6 is 0 Å². The molecule has 0 spiro atoms. The van der Waals surface area contributed by atoms with Crippen LogP contribution in [0.2, 0.25) is 0 Å². The molecule has 53 heavy (non-hydrogen) atoms. The van der Waals surface area contributed by atoms with E-state index < -0.39 is 0 Å². The number of para-hydroxylation sites is 2. The van der Waals surface area contributed by atoms with E-state index in [-0.39, 0.29) is 12.0 Å². The van der Waals surface area contributed by atoms with Crippen molar-refractivity contribution in [1.29, 1.82) is 0 Å². The highest BCUT2D eigenvalue weighted by Gasteiger charge is 2.43. The van der Waals surface area contributed by atoms with E-state index in [1.807, 2.05) is 12.1 Å². The third-order valence-corrected chi connectivity index (χ3v) is 10.6. The number of allylic oxidation sites excluding steroid dienone is 2. The van der Waals surface area contributed by atoms with Crippen molar-refractivity contribution in [3.8, 4) is 34.2 Å². The van der Waals surface area contributed by atoms with Crippen LogP contribution in [0.5, 0.6) is 0 Å². The predicted molar refractivity (Wildman–Crippen MR) is 211 cm³/mol. The minimum Gasteiger partial charge on any atom is -0.331 e. The molecule has 2 unspecified atom stereocenters. The Morgan fingerprint density at radius 2 is 1.25 bits per heavy atom. The lowest BCUT2D eigenvalue weighted by Gasteiger charge is -2.29. The molecular weight excluding hydrogens is 653 g/mol. The Morgan fingerprint density at radius 1 is 0.547 bits per heavy atom. The first-order chi connectivity index (χ1) is 26.3. The number of imidazole rings is 1. The van der Waals surface area contributed by atoms with E-state index in [4.69, 9.17) is 15.0 Å². The summed E-state index contributed by atoms with van der Waals surface area (Å²) in [7, 11) is 0. The summed E-state index contributed by atoms with van der Waals surface area (Å²) in [5.74, 6) is 1.29. The molecule has 0 fully saturated rings. The summed E-state index contributed by atoms with van der Waals surface area (Å²) in [6.07, 6.45) is 15.8. The molecule has 0 saturated heterocycles. The fraction of sp³-hybridized carbons (Fsp3) is 0.0444. The first-order valence-electron chi connectivity index (χ1n) is 17.7. The molecule has 2 atom stereocenters. The van der Waals surface area contributed by atoms with Crippen LogP contribution in [0.4, 0.5) is 11.4 Å². The summed E-state index contributed by atoms with van der Waals surface area (Å²) >= 11 is 0. The molecular formula is C45H30N8. The predicted octanol–water partition coefficient (Wildman–Crippen LogP) is 9.77. The maximum atomic E-state index is 5.58. The van der Waals surface area contributed by atoms with Crippen molar-refractivity contribution in [2.45, 2.75) is 12.0 Å². The average Bonchev–Trinajstić information content (AvgIpc) is 3.91. The van der Waals surface area contributed by atoms with Gasteiger partial charge in [-0.15, -0.1) is 0 Å². The van der Waals surface area contributed by atoms with Crippen LogP contribution in [0, 0.1) is 0 Å². The molecule has 1 aliphatic carbocycles. The smallest absolute Gasteiger partial charge is 0.238 e. The number of fused-ring (bicyclic) bond motifs is 10. The molecule has 9 aromatic rings. The van der Waals surface area contributed by atoms with E-state index in [0.717, 1.165) is 61.3 Å². The molecule has 2 aliphatic rings. The number of nitrogens with zero attached hydrogens (tertiary/aromatic N) is 8. The molecule has 0 N–H and O–H groups in total. The average molecular weight is 683 g/mol. The number of hydrogen-bond donors (Lipinski definition) is 0. The van der Waals surface area contributed by atoms with Gasteiger partial charge in [-0.1, -0.05) is 103 Å². The molecule has 11 rings (SSSR count). The lowest BCUT2D eigenvalue weighted by Crippen LogP contribution is -2.28. The van der Waals surface area contributed by atoms with Crippen molar-refractivity contribution >= 4 is 44.2 Å². The van der Waals surface area contributed by atoms with Crippen LogP contribution < -0.4 is 4.90 Å². The second-order valence-electron chi connectivity index (χ2n) is 13.4. The first kappa shape index (κ1) is 29.5. The standard InChI is InChI=1S/C45H30N8/c1-3-11-29(12-4-1)30-19-21-33(22-20-30)52-37-18-10-8-16-35(37)39-41-38(34-15-7-9-17-36(34)51(41)32-13-5-2-6-14-32)40-43(42(39)52)53(45-48-27-47-28-49-45)44(50-40)31-23-25-46-26-24-31/h1-28,35,37H. The molecule has 1 aliphatic heterocycles. The highest BCUT2D eigenvalue weighted by Crippen LogP contribution is 2.56. The number of rotatable bonds is 5. The Morgan fingerprint density at radius 3 is 2.04 bits per heavy atom. The molecule has 250 valence electrons. The number of hydrogen-bond acceptors (Lipinski definition) is 6. The lowest BCUT2D eigenvalue weighted by molar-refractivity contribution is 0.746. The summed E-state index contributed by atoms with van der Waals surface area (Å²) in [6, 6.07) is 42.8. The van der Waals surface area contributed by atoms with Gasteiger partial charge in [0.05, 0.1) is 22.8 Å². The van der Waals surface area contributed by atoms with Gasteiger partial charge in [0.2, 0.25) is 5.95 Å². The number of benzene rings is 5. The van der Waals surface area contributed by atoms with E-state index >= 15 is 0 Å². The van der Waals surface area contributed by atoms with Gasteiger partial charge in [0.1, 0.15) is 29.5 Å². The van der Waals surface area contributed by atoms with Gasteiger partial charge < -0.3 is 9.47 Å². The quantitative estimate of drug-likeness (QED) is 0.180. The van der Waals surface area contributed by atoms with Gasteiger partial charge in [0, 0.05) is 51.6 Å². The Labute approximate surface area is 304 Å². The summed E-state index contributed by atoms with van der Waals surface area (Å²) < 4.78 is 4.55. The van der Waals surface area contributed by atoms with E-state index in [0.29, 0.717) is 5.95 Å². The molecule has 8 nitrogen and oxygen atoms in total. The zero-order valence-corrected chi connectivity index (χ0v) is 28.4. The molecule has 0 saturated carbocycles. The van der Waals surface area contributed by atoms with Crippen LogP contribution in [0.25, 0.3) is 67.0 Å².